The zero-order valence-electron chi connectivity index (χ0n) is 17.4. The Morgan fingerprint density at radius 2 is 2.00 bits per heavy atom. The Bertz CT molecular complexity index is 1560. The summed E-state index contributed by atoms with van der Waals surface area (Å²) in [5.41, 5.74) is 6.06. The summed E-state index contributed by atoms with van der Waals surface area (Å²) in [6, 6.07) is 14.3. The first-order valence-corrected chi connectivity index (χ1v) is 10.2. The van der Waals surface area contributed by atoms with Crippen molar-refractivity contribution in [1.29, 1.82) is 0 Å². The monoisotopic (exact) mass is 421 g/mol. The van der Waals surface area contributed by atoms with Crippen LogP contribution in [0.5, 0.6) is 0 Å². The Morgan fingerprint density at radius 3 is 2.81 bits per heavy atom. The predicted molar refractivity (Wildman–Crippen MR) is 126 cm³/mol. The number of rotatable bonds is 4. The SMILES string of the molecule is C=c1c(-c2cc3c(-c4cccc(F)c4)ccnc3[nH]2)n[nH]/c1=C/C=C(\C)c1cccnc1. The van der Waals surface area contributed by atoms with Crippen LogP contribution in [0.1, 0.15) is 12.5 Å². The van der Waals surface area contributed by atoms with Crippen LogP contribution >= 0.6 is 0 Å². The van der Waals surface area contributed by atoms with Crippen LogP contribution in [-0.2, 0) is 0 Å². The first-order chi connectivity index (χ1) is 15.6. The molecule has 0 spiro atoms. The van der Waals surface area contributed by atoms with E-state index in [0.717, 1.165) is 43.9 Å². The van der Waals surface area contributed by atoms with Crippen molar-refractivity contribution >= 4 is 29.3 Å². The maximum atomic E-state index is 13.8. The first kappa shape index (κ1) is 19.6. The summed E-state index contributed by atoms with van der Waals surface area (Å²) in [5.74, 6) is -0.273. The molecule has 4 aromatic heterocycles. The number of aromatic nitrogens is 5. The predicted octanol–water partition coefficient (Wildman–Crippen LogP) is 4.45. The molecular formula is C26H20FN5. The fourth-order valence-electron chi connectivity index (χ4n) is 3.70. The Kier molecular flexibility index (Phi) is 4.95. The quantitative estimate of drug-likeness (QED) is 0.450. The van der Waals surface area contributed by atoms with Gasteiger partial charge in [-0.2, -0.15) is 5.10 Å². The molecule has 0 bridgehead atoms. The van der Waals surface area contributed by atoms with Crippen LogP contribution in [0.2, 0.25) is 0 Å². The van der Waals surface area contributed by atoms with Crippen LogP contribution in [0.3, 0.4) is 0 Å². The number of pyridine rings is 2. The number of nitrogens with one attached hydrogen (secondary N) is 2. The standard InChI is InChI=1S/C26H20FN5/c1-16(19-6-4-11-28-15-19)8-9-23-17(2)25(32-31-23)24-14-22-21(10-12-29-26(22)30-24)18-5-3-7-20(27)13-18/h3-15,31H,2H2,1H3,(H,29,30)/b16-8+,23-9+. The van der Waals surface area contributed by atoms with Gasteiger partial charge in [0.25, 0.3) is 0 Å². The fourth-order valence-corrected chi connectivity index (χ4v) is 3.70. The number of hydrogen-bond donors (Lipinski definition) is 2. The molecule has 0 amide bonds. The lowest BCUT2D eigenvalue weighted by Gasteiger charge is -2.02. The lowest BCUT2D eigenvalue weighted by Crippen LogP contribution is -2.21. The average Bonchev–Trinajstić information content (AvgIpc) is 3.41. The number of aromatic amines is 2. The van der Waals surface area contributed by atoms with Crippen LogP contribution in [0.15, 0.2) is 73.2 Å². The summed E-state index contributed by atoms with van der Waals surface area (Å²) >= 11 is 0. The van der Waals surface area contributed by atoms with Crippen molar-refractivity contribution in [1.82, 2.24) is 25.1 Å². The molecule has 0 radical (unpaired) electrons. The van der Waals surface area contributed by atoms with Gasteiger partial charge in [0.1, 0.15) is 17.2 Å². The molecule has 4 heterocycles. The van der Waals surface area contributed by atoms with Crippen molar-refractivity contribution in [2.24, 2.45) is 0 Å². The number of fused-ring (bicyclic) bond motifs is 1. The molecule has 2 N–H and O–H groups in total. The highest BCUT2D eigenvalue weighted by molar-refractivity contribution is 5.95. The molecule has 5 nitrogen and oxygen atoms in total. The summed E-state index contributed by atoms with van der Waals surface area (Å²) < 4.78 is 13.8. The Hall–Kier alpha value is -4.32. The fraction of sp³-hybridized carbons (Fsp3) is 0.0385. The number of allylic oxidation sites excluding steroid dienone is 2. The van der Waals surface area contributed by atoms with Gasteiger partial charge >= 0.3 is 0 Å². The van der Waals surface area contributed by atoms with E-state index in [0.29, 0.717) is 11.3 Å². The van der Waals surface area contributed by atoms with Gasteiger partial charge in [-0.05, 0) is 65.6 Å². The highest BCUT2D eigenvalue weighted by Gasteiger charge is 2.12. The van der Waals surface area contributed by atoms with E-state index < -0.39 is 0 Å². The molecule has 5 rings (SSSR count). The van der Waals surface area contributed by atoms with Crippen molar-refractivity contribution in [3.8, 4) is 22.5 Å². The second-order valence-electron chi connectivity index (χ2n) is 7.54. The number of benzene rings is 1. The minimum absolute atomic E-state index is 0.273. The largest absolute Gasteiger partial charge is 0.338 e. The average molecular weight is 421 g/mol. The minimum Gasteiger partial charge on any atom is -0.338 e. The van der Waals surface area contributed by atoms with Crippen molar-refractivity contribution in [2.45, 2.75) is 6.92 Å². The van der Waals surface area contributed by atoms with Crippen molar-refractivity contribution in [3.05, 3.63) is 95.1 Å². The maximum absolute atomic E-state index is 13.8. The third-order valence-corrected chi connectivity index (χ3v) is 5.44. The second-order valence-corrected chi connectivity index (χ2v) is 7.54. The molecule has 0 aliphatic carbocycles. The molecule has 5 aromatic rings. The Balaban J connectivity index is 1.55. The minimum atomic E-state index is -0.273. The van der Waals surface area contributed by atoms with Gasteiger partial charge in [-0.3, -0.25) is 10.1 Å². The molecule has 0 saturated carbocycles. The topological polar surface area (TPSA) is 70.2 Å². The summed E-state index contributed by atoms with van der Waals surface area (Å²) in [7, 11) is 0. The van der Waals surface area contributed by atoms with Crippen LogP contribution in [0, 0.1) is 5.82 Å². The molecule has 156 valence electrons. The zero-order chi connectivity index (χ0) is 22.1. The summed E-state index contributed by atoms with van der Waals surface area (Å²) in [5, 5.41) is 10.0. The van der Waals surface area contributed by atoms with Crippen LogP contribution in [0.4, 0.5) is 4.39 Å². The summed E-state index contributed by atoms with van der Waals surface area (Å²) in [6.45, 7) is 6.25. The van der Waals surface area contributed by atoms with Crippen molar-refractivity contribution < 1.29 is 4.39 Å². The number of hydrogen-bond acceptors (Lipinski definition) is 3. The normalized spacial score (nSPS) is 12.6. The van der Waals surface area contributed by atoms with Crippen molar-refractivity contribution in [2.75, 3.05) is 0 Å². The second kappa shape index (κ2) is 8.07. The van der Waals surface area contributed by atoms with Gasteiger partial charge in [0.15, 0.2) is 0 Å². The molecular weight excluding hydrogens is 401 g/mol. The van der Waals surface area contributed by atoms with E-state index in [1.807, 2.05) is 55.6 Å². The van der Waals surface area contributed by atoms with Crippen molar-refractivity contribution in [3.63, 3.8) is 0 Å². The molecule has 0 unspecified atom stereocenters. The Labute approximate surface area is 183 Å². The number of nitrogens with zero attached hydrogens (tertiary/aromatic N) is 3. The van der Waals surface area contributed by atoms with Gasteiger partial charge in [0.05, 0.1) is 11.0 Å². The third kappa shape index (κ3) is 3.63. The van der Waals surface area contributed by atoms with E-state index in [9.17, 15) is 4.39 Å². The number of H-pyrrole nitrogens is 2. The van der Waals surface area contributed by atoms with Crippen LogP contribution in [-0.4, -0.2) is 25.1 Å². The van der Waals surface area contributed by atoms with E-state index >= 15 is 0 Å². The molecule has 0 fully saturated rings. The summed E-state index contributed by atoms with van der Waals surface area (Å²) in [6.07, 6.45) is 9.27. The van der Waals surface area contributed by atoms with Gasteiger partial charge in [-0.15, -0.1) is 0 Å². The highest BCUT2D eigenvalue weighted by Crippen LogP contribution is 2.30. The van der Waals surface area contributed by atoms with E-state index in [2.05, 4.69) is 31.7 Å². The summed E-state index contributed by atoms with van der Waals surface area (Å²) in [4.78, 5) is 11.9. The zero-order valence-corrected chi connectivity index (χ0v) is 17.4. The van der Waals surface area contributed by atoms with E-state index in [1.54, 1.807) is 18.5 Å². The van der Waals surface area contributed by atoms with E-state index in [4.69, 9.17) is 0 Å². The van der Waals surface area contributed by atoms with Gasteiger partial charge in [0.2, 0.25) is 0 Å². The van der Waals surface area contributed by atoms with Gasteiger partial charge in [-0.25, -0.2) is 9.37 Å². The molecule has 1 aromatic carbocycles. The molecule has 0 atom stereocenters. The lowest BCUT2D eigenvalue weighted by atomic mass is 10.0. The molecule has 6 heteroatoms. The molecule has 0 aliphatic rings. The van der Waals surface area contributed by atoms with Crippen LogP contribution in [0.25, 0.3) is 51.8 Å². The van der Waals surface area contributed by atoms with Gasteiger partial charge in [-0.1, -0.05) is 30.9 Å². The highest BCUT2D eigenvalue weighted by atomic mass is 19.1. The maximum Gasteiger partial charge on any atom is 0.138 e. The van der Waals surface area contributed by atoms with Gasteiger partial charge in [0, 0.05) is 29.2 Å². The smallest absolute Gasteiger partial charge is 0.138 e. The molecule has 0 aliphatic heterocycles. The Morgan fingerprint density at radius 1 is 1.09 bits per heavy atom. The van der Waals surface area contributed by atoms with Crippen LogP contribution < -0.4 is 10.6 Å². The third-order valence-electron chi connectivity index (χ3n) is 5.44. The lowest BCUT2D eigenvalue weighted by molar-refractivity contribution is 0.628. The van der Waals surface area contributed by atoms with Gasteiger partial charge < -0.3 is 4.98 Å². The first-order valence-electron chi connectivity index (χ1n) is 10.2. The van der Waals surface area contributed by atoms with E-state index in [-0.39, 0.29) is 5.82 Å². The molecule has 0 saturated heterocycles. The van der Waals surface area contributed by atoms with E-state index in [1.165, 1.54) is 12.1 Å². The number of halogens is 1. The molecule has 32 heavy (non-hydrogen) atoms.